The second kappa shape index (κ2) is 12.1. The van der Waals surface area contributed by atoms with Crippen LogP contribution in [0, 0.1) is 11.8 Å². The maximum Gasteiger partial charge on any atom is 0.124 e. The monoisotopic (exact) mass is 691 g/mol. The largest absolute Gasteiger partial charge is 0.485 e. The summed E-state index contributed by atoms with van der Waals surface area (Å²) in [5.41, 5.74) is 18.5. The Hall–Kier alpha value is -3.40. The van der Waals surface area contributed by atoms with E-state index >= 15 is 0 Å². The molecule has 3 aliphatic heterocycles. The summed E-state index contributed by atoms with van der Waals surface area (Å²) < 4.78 is 9.55. The Balaban J connectivity index is 1.01. The molecule has 1 aromatic heterocycles. The Labute approximate surface area is 311 Å². The lowest BCUT2D eigenvalue weighted by molar-refractivity contribution is 0.126. The molecule has 0 radical (unpaired) electrons. The average molecular weight is 692 g/mol. The minimum atomic E-state index is 0.277. The Bertz CT molecular complexity index is 1970. The first kappa shape index (κ1) is 31.0. The fourth-order valence-electron chi connectivity index (χ4n) is 13.6. The summed E-state index contributed by atoms with van der Waals surface area (Å²) in [6.07, 6.45) is 47.6. The van der Waals surface area contributed by atoms with E-state index in [1.54, 1.807) is 56.3 Å². The third kappa shape index (κ3) is 4.45. The van der Waals surface area contributed by atoms with E-state index in [1.165, 1.54) is 127 Å². The van der Waals surface area contributed by atoms with Gasteiger partial charge in [0.2, 0.25) is 0 Å². The van der Waals surface area contributed by atoms with E-state index in [4.69, 9.17) is 4.74 Å². The first-order valence-corrected chi connectivity index (χ1v) is 21.9. The molecule has 12 rings (SSSR count). The lowest BCUT2D eigenvalue weighted by Crippen LogP contribution is -2.45. The van der Waals surface area contributed by atoms with E-state index in [0.717, 1.165) is 19.3 Å². The van der Waals surface area contributed by atoms with Gasteiger partial charge in [-0.2, -0.15) is 0 Å². The summed E-state index contributed by atoms with van der Waals surface area (Å²) in [4.78, 5) is 6.02. The van der Waals surface area contributed by atoms with Crippen molar-refractivity contribution in [2.75, 3.05) is 0 Å². The molecule has 52 heavy (non-hydrogen) atoms. The van der Waals surface area contributed by atoms with Gasteiger partial charge in [0.1, 0.15) is 11.9 Å². The van der Waals surface area contributed by atoms with Gasteiger partial charge in [-0.05, 0) is 138 Å². The average Bonchev–Trinajstić information content (AvgIpc) is 3.94. The van der Waals surface area contributed by atoms with Crippen molar-refractivity contribution < 1.29 is 4.74 Å². The van der Waals surface area contributed by atoms with Crippen LogP contribution in [0.4, 0.5) is 0 Å². The Morgan fingerprint density at radius 1 is 0.635 bits per heavy atom. The summed E-state index contributed by atoms with van der Waals surface area (Å²) in [5.74, 6) is 2.31. The highest BCUT2D eigenvalue weighted by Gasteiger charge is 2.51. The van der Waals surface area contributed by atoms with Gasteiger partial charge >= 0.3 is 0 Å². The van der Waals surface area contributed by atoms with E-state index < -0.39 is 0 Å². The van der Waals surface area contributed by atoms with Crippen LogP contribution in [0.1, 0.15) is 151 Å². The van der Waals surface area contributed by atoms with Crippen LogP contribution in [-0.4, -0.2) is 38.6 Å². The number of nitrogens with zero attached hydrogens (tertiary/aromatic N) is 3. The van der Waals surface area contributed by atoms with E-state index in [-0.39, 0.29) is 6.10 Å². The van der Waals surface area contributed by atoms with Crippen molar-refractivity contribution >= 4 is 11.6 Å². The van der Waals surface area contributed by atoms with Gasteiger partial charge in [0.25, 0.3) is 0 Å². The molecule has 11 aliphatic rings. The molecule has 4 heterocycles. The first-order valence-electron chi connectivity index (χ1n) is 21.9. The highest BCUT2D eigenvalue weighted by Crippen LogP contribution is 2.57. The van der Waals surface area contributed by atoms with Crippen molar-refractivity contribution in [1.29, 1.82) is 0 Å². The maximum absolute atomic E-state index is 6.58. The SMILES string of the molecule is C1=CC2=C(CC1)C1=CC(N3C4=C(c5c6c(n(C7CCCCC7)c5CC4)CCC=C6)C4C=C(N5C6=C(CCCC6)C6C=CCCC65)CCC43)CCC1O2. The smallest absolute Gasteiger partial charge is 0.124 e. The molecule has 0 bridgehead atoms. The van der Waals surface area contributed by atoms with E-state index in [9.17, 15) is 0 Å². The molecule has 6 unspecified atom stereocenters. The third-order valence-electron chi connectivity index (χ3n) is 15.6. The molecule has 0 spiro atoms. The molecule has 1 fully saturated rings. The fraction of sp³-hybridized carbons (Fsp3) is 0.583. The topological polar surface area (TPSA) is 20.6 Å². The lowest BCUT2D eigenvalue weighted by atomic mass is 9.78. The van der Waals surface area contributed by atoms with Gasteiger partial charge in [-0.3, -0.25) is 0 Å². The van der Waals surface area contributed by atoms with Gasteiger partial charge in [-0.25, -0.2) is 0 Å². The maximum atomic E-state index is 6.58. The van der Waals surface area contributed by atoms with Crippen LogP contribution in [0.3, 0.4) is 0 Å². The van der Waals surface area contributed by atoms with Crippen LogP contribution < -0.4 is 0 Å². The summed E-state index contributed by atoms with van der Waals surface area (Å²) >= 11 is 0. The van der Waals surface area contributed by atoms with Gasteiger partial charge in [0.15, 0.2) is 0 Å². The van der Waals surface area contributed by atoms with Crippen molar-refractivity contribution in [1.82, 2.24) is 14.4 Å². The zero-order valence-electron chi connectivity index (χ0n) is 31.3. The fourth-order valence-corrected chi connectivity index (χ4v) is 13.6. The van der Waals surface area contributed by atoms with E-state index in [2.05, 4.69) is 63.0 Å². The van der Waals surface area contributed by atoms with Crippen LogP contribution in [0.15, 0.2) is 82.1 Å². The van der Waals surface area contributed by atoms with Crippen LogP contribution >= 0.6 is 0 Å². The molecular formula is C48H57N3O. The second-order valence-electron chi connectivity index (χ2n) is 18.1. The van der Waals surface area contributed by atoms with Crippen LogP contribution in [-0.2, 0) is 17.6 Å². The Kier molecular flexibility index (Phi) is 7.19. The van der Waals surface area contributed by atoms with Crippen molar-refractivity contribution in [3.63, 3.8) is 0 Å². The summed E-state index contributed by atoms with van der Waals surface area (Å²) in [6.45, 7) is 0. The zero-order chi connectivity index (χ0) is 33.9. The van der Waals surface area contributed by atoms with Crippen molar-refractivity contribution in [3.05, 3.63) is 105 Å². The van der Waals surface area contributed by atoms with E-state index in [0.29, 0.717) is 36.0 Å². The molecule has 0 N–H and O–H groups in total. The summed E-state index contributed by atoms with van der Waals surface area (Å²) in [7, 11) is 0. The Morgan fingerprint density at radius 3 is 2.50 bits per heavy atom. The predicted octanol–water partition coefficient (Wildman–Crippen LogP) is 11.2. The number of ether oxygens (including phenoxy) is 1. The summed E-state index contributed by atoms with van der Waals surface area (Å²) in [6, 6.07) is 2.40. The van der Waals surface area contributed by atoms with Gasteiger partial charge in [-0.15, -0.1) is 0 Å². The van der Waals surface area contributed by atoms with E-state index in [1.807, 2.05) is 0 Å². The number of rotatable bonds is 3. The van der Waals surface area contributed by atoms with Crippen molar-refractivity contribution in [2.45, 2.75) is 165 Å². The lowest BCUT2D eigenvalue weighted by Gasteiger charge is -2.43. The van der Waals surface area contributed by atoms with Gasteiger partial charge in [0.05, 0.1) is 0 Å². The molecule has 0 amide bonds. The van der Waals surface area contributed by atoms with Crippen LogP contribution in [0.25, 0.3) is 11.6 Å². The number of allylic oxidation sites excluding steroid dienone is 7. The molecule has 0 aromatic carbocycles. The molecule has 4 heteroatoms. The zero-order valence-corrected chi connectivity index (χ0v) is 31.3. The van der Waals surface area contributed by atoms with Gasteiger partial charge in [-0.1, -0.05) is 61.8 Å². The highest BCUT2D eigenvalue weighted by molar-refractivity contribution is 5.85. The number of hydrogen-bond acceptors (Lipinski definition) is 3. The van der Waals surface area contributed by atoms with Crippen LogP contribution in [0.5, 0.6) is 0 Å². The van der Waals surface area contributed by atoms with Crippen molar-refractivity contribution in [3.8, 4) is 0 Å². The second-order valence-corrected chi connectivity index (χ2v) is 18.1. The molecule has 270 valence electrons. The molecule has 8 aliphatic carbocycles. The number of aromatic nitrogens is 1. The minimum absolute atomic E-state index is 0.277. The number of hydrogen-bond donors (Lipinski definition) is 0. The standard InChI is InChI=1S/C48H57N3O/c1-2-12-30(13-3-1)49-41-20-10-6-17-36(41)47-43(49)25-26-44-48(47)38-29-31(50-39-18-8-4-14-33(39)34-15-5-9-19-40(34)50)22-24-42(38)51(44)32-23-27-46-37(28-32)35-16-7-11-21-45(35)52-46/h4,6,11,14,17,21,28-30,32-33,38-39,42,46H,1-3,5,7-10,12-13,15-16,18-20,22-27H2. The molecule has 1 saturated carbocycles. The highest BCUT2D eigenvalue weighted by atomic mass is 16.5. The van der Waals surface area contributed by atoms with Gasteiger partial charge < -0.3 is 19.1 Å². The summed E-state index contributed by atoms with van der Waals surface area (Å²) in [5, 5.41) is 0. The van der Waals surface area contributed by atoms with Crippen LogP contribution in [0.2, 0.25) is 0 Å². The molecule has 0 saturated heterocycles. The minimum Gasteiger partial charge on any atom is -0.485 e. The normalized spacial score (nSPS) is 34.6. The number of fused-ring (bicyclic) bond motifs is 10. The molecular weight excluding hydrogens is 635 g/mol. The van der Waals surface area contributed by atoms with Crippen molar-refractivity contribution in [2.24, 2.45) is 11.8 Å². The van der Waals surface area contributed by atoms with Gasteiger partial charge in [0, 0.05) is 81.2 Å². The molecule has 6 atom stereocenters. The predicted molar refractivity (Wildman–Crippen MR) is 210 cm³/mol. The third-order valence-corrected chi connectivity index (χ3v) is 15.6. The molecule has 4 nitrogen and oxygen atoms in total. The first-order chi connectivity index (χ1) is 25.8. The Morgan fingerprint density at radius 2 is 1.54 bits per heavy atom. The molecule has 1 aromatic rings. The quantitative estimate of drug-likeness (QED) is 0.294.